The molecule has 0 aromatic heterocycles. The van der Waals surface area contributed by atoms with Gasteiger partial charge in [-0.2, -0.15) is 0 Å². The standard InChI is InChI=1S/C16H35N3/c1-15(2)14-19(13-12-18(3)4)11-7-9-16-8-5-6-10-17-16/h15-17H,5-14H2,1-4H3. The molecular formula is C16H35N3. The molecule has 1 aliphatic heterocycles. The van der Waals surface area contributed by atoms with Gasteiger partial charge in [-0.05, 0) is 58.8 Å². The van der Waals surface area contributed by atoms with E-state index in [-0.39, 0.29) is 0 Å². The Morgan fingerprint density at radius 2 is 1.89 bits per heavy atom. The molecule has 3 heteroatoms. The van der Waals surface area contributed by atoms with E-state index in [0.717, 1.165) is 12.0 Å². The van der Waals surface area contributed by atoms with E-state index in [2.05, 4.69) is 43.1 Å². The van der Waals surface area contributed by atoms with E-state index in [9.17, 15) is 0 Å². The quantitative estimate of drug-likeness (QED) is 0.693. The molecule has 0 spiro atoms. The van der Waals surface area contributed by atoms with Gasteiger partial charge in [0.1, 0.15) is 0 Å². The molecule has 1 unspecified atom stereocenters. The van der Waals surface area contributed by atoms with E-state index in [1.54, 1.807) is 0 Å². The Morgan fingerprint density at radius 3 is 2.47 bits per heavy atom. The first-order valence-corrected chi connectivity index (χ1v) is 8.18. The molecule has 1 N–H and O–H groups in total. The average molecular weight is 269 g/mol. The minimum atomic E-state index is 0.773. The molecule has 114 valence electrons. The Labute approximate surface area is 120 Å². The van der Waals surface area contributed by atoms with Crippen molar-refractivity contribution in [3.8, 4) is 0 Å². The third-order valence-corrected chi connectivity index (χ3v) is 3.93. The summed E-state index contributed by atoms with van der Waals surface area (Å²) >= 11 is 0. The van der Waals surface area contributed by atoms with Crippen LogP contribution in [0.2, 0.25) is 0 Å². The van der Waals surface area contributed by atoms with E-state index in [1.807, 2.05) is 0 Å². The Bertz CT molecular complexity index is 210. The lowest BCUT2D eigenvalue weighted by Gasteiger charge is -2.28. The number of nitrogens with one attached hydrogen (secondary N) is 1. The molecule has 1 saturated heterocycles. The molecule has 0 aromatic carbocycles. The molecule has 0 aliphatic carbocycles. The molecule has 1 heterocycles. The molecule has 19 heavy (non-hydrogen) atoms. The van der Waals surface area contributed by atoms with Gasteiger partial charge in [-0.3, -0.25) is 0 Å². The molecule has 0 bridgehead atoms. The largest absolute Gasteiger partial charge is 0.314 e. The summed E-state index contributed by atoms with van der Waals surface area (Å²) in [6.45, 7) is 10.8. The summed E-state index contributed by atoms with van der Waals surface area (Å²) in [5, 5.41) is 3.66. The van der Waals surface area contributed by atoms with Crippen LogP contribution in [0.15, 0.2) is 0 Å². The lowest BCUT2D eigenvalue weighted by Crippen LogP contribution is -2.37. The number of rotatable bonds is 9. The summed E-state index contributed by atoms with van der Waals surface area (Å²) in [7, 11) is 4.33. The van der Waals surface area contributed by atoms with Gasteiger partial charge in [0.25, 0.3) is 0 Å². The highest BCUT2D eigenvalue weighted by molar-refractivity contribution is 4.73. The van der Waals surface area contributed by atoms with Crippen molar-refractivity contribution in [3.05, 3.63) is 0 Å². The molecule has 3 nitrogen and oxygen atoms in total. The van der Waals surface area contributed by atoms with Gasteiger partial charge >= 0.3 is 0 Å². The van der Waals surface area contributed by atoms with Crippen LogP contribution >= 0.6 is 0 Å². The normalized spacial score (nSPS) is 20.7. The molecule has 0 radical (unpaired) electrons. The lowest BCUT2D eigenvalue weighted by atomic mass is 10.0. The van der Waals surface area contributed by atoms with Crippen LogP contribution in [0.3, 0.4) is 0 Å². The average Bonchev–Trinajstić information content (AvgIpc) is 2.36. The maximum absolute atomic E-state index is 3.66. The van der Waals surface area contributed by atoms with Crippen molar-refractivity contribution in [2.75, 3.05) is 46.8 Å². The molecule has 1 rings (SSSR count). The van der Waals surface area contributed by atoms with Crippen LogP contribution in [0.5, 0.6) is 0 Å². The topological polar surface area (TPSA) is 18.5 Å². The summed E-state index contributed by atoms with van der Waals surface area (Å²) in [4.78, 5) is 4.93. The molecule has 0 amide bonds. The highest BCUT2D eigenvalue weighted by Crippen LogP contribution is 2.12. The second kappa shape index (κ2) is 9.73. The monoisotopic (exact) mass is 269 g/mol. The zero-order valence-corrected chi connectivity index (χ0v) is 13.6. The van der Waals surface area contributed by atoms with Crippen LogP contribution in [-0.4, -0.2) is 62.7 Å². The Kier molecular flexibility index (Phi) is 8.67. The first-order chi connectivity index (χ1) is 9.08. The Hall–Kier alpha value is -0.120. The molecule has 1 atom stereocenters. The smallest absolute Gasteiger partial charge is 0.0109 e. The zero-order valence-electron chi connectivity index (χ0n) is 13.6. The second-order valence-corrected chi connectivity index (χ2v) is 6.79. The van der Waals surface area contributed by atoms with E-state index >= 15 is 0 Å². The van der Waals surface area contributed by atoms with Crippen molar-refractivity contribution in [2.45, 2.75) is 52.0 Å². The molecule has 1 fully saturated rings. The lowest BCUT2D eigenvalue weighted by molar-refractivity contribution is 0.211. The molecule has 1 aliphatic rings. The fourth-order valence-electron chi connectivity index (χ4n) is 2.88. The summed E-state index contributed by atoms with van der Waals surface area (Å²) in [5.74, 6) is 0.773. The molecular weight excluding hydrogens is 234 g/mol. The maximum atomic E-state index is 3.66. The first-order valence-electron chi connectivity index (χ1n) is 8.18. The summed E-state index contributed by atoms with van der Waals surface area (Å²) < 4.78 is 0. The summed E-state index contributed by atoms with van der Waals surface area (Å²) in [5.41, 5.74) is 0. The van der Waals surface area contributed by atoms with Crippen molar-refractivity contribution in [1.29, 1.82) is 0 Å². The van der Waals surface area contributed by atoms with Crippen LogP contribution in [0.4, 0.5) is 0 Å². The zero-order chi connectivity index (χ0) is 14.1. The SMILES string of the molecule is CC(C)CN(CCCC1CCCCN1)CCN(C)C. The van der Waals surface area contributed by atoms with Gasteiger partial charge in [0.15, 0.2) is 0 Å². The Balaban J connectivity index is 2.18. The number of likely N-dealkylation sites (N-methyl/N-ethyl adjacent to an activating group) is 1. The Morgan fingerprint density at radius 1 is 1.11 bits per heavy atom. The predicted molar refractivity (Wildman–Crippen MR) is 84.7 cm³/mol. The number of hydrogen-bond donors (Lipinski definition) is 1. The number of hydrogen-bond acceptors (Lipinski definition) is 3. The summed E-state index contributed by atoms with van der Waals surface area (Å²) in [6.07, 6.45) is 6.89. The van der Waals surface area contributed by atoms with Gasteiger partial charge in [0.2, 0.25) is 0 Å². The van der Waals surface area contributed by atoms with Crippen molar-refractivity contribution in [2.24, 2.45) is 5.92 Å². The van der Waals surface area contributed by atoms with Gasteiger partial charge in [0, 0.05) is 25.7 Å². The third-order valence-electron chi connectivity index (χ3n) is 3.93. The van der Waals surface area contributed by atoms with Gasteiger partial charge in [-0.1, -0.05) is 20.3 Å². The van der Waals surface area contributed by atoms with Gasteiger partial charge in [0.05, 0.1) is 0 Å². The van der Waals surface area contributed by atoms with Crippen LogP contribution in [0.25, 0.3) is 0 Å². The third kappa shape index (κ3) is 8.61. The number of piperidine rings is 1. The van der Waals surface area contributed by atoms with Crippen LogP contribution in [-0.2, 0) is 0 Å². The number of nitrogens with zero attached hydrogens (tertiary/aromatic N) is 2. The highest BCUT2D eigenvalue weighted by atomic mass is 15.2. The van der Waals surface area contributed by atoms with Crippen molar-refractivity contribution >= 4 is 0 Å². The van der Waals surface area contributed by atoms with E-state index in [4.69, 9.17) is 0 Å². The highest BCUT2D eigenvalue weighted by Gasteiger charge is 2.13. The van der Waals surface area contributed by atoms with Crippen molar-refractivity contribution < 1.29 is 0 Å². The predicted octanol–water partition coefficient (Wildman–Crippen LogP) is 2.43. The van der Waals surface area contributed by atoms with Crippen LogP contribution < -0.4 is 5.32 Å². The first kappa shape index (κ1) is 16.9. The van der Waals surface area contributed by atoms with Gasteiger partial charge < -0.3 is 15.1 Å². The van der Waals surface area contributed by atoms with Crippen LogP contribution in [0, 0.1) is 5.92 Å². The maximum Gasteiger partial charge on any atom is 0.0109 e. The van der Waals surface area contributed by atoms with Crippen LogP contribution in [0.1, 0.15) is 46.0 Å². The fourth-order valence-corrected chi connectivity index (χ4v) is 2.88. The minimum absolute atomic E-state index is 0.773. The van der Waals surface area contributed by atoms with Crippen molar-refractivity contribution in [3.63, 3.8) is 0 Å². The van der Waals surface area contributed by atoms with Crippen molar-refractivity contribution in [1.82, 2.24) is 15.1 Å². The van der Waals surface area contributed by atoms with Gasteiger partial charge in [-0.25, -0.2) is 0 Å². The molecule has 0 saturated carbocycles. The molecule has 0 aromatic rings. The van der Waals surface area contributed by atoms with Gasteiger partial charge in [-0.15, -0.1) is 0 Å². The summed E-state index contributed by atoms with van der Waals surface area (Å²) in [6, 6.07) is 0.795. The minimum Gasteiger partial charge on any atom is -0.314 e. The second-order valence-electron chi connectivity index (χ2n) is 6.79. The fraction of sp³-hybridized carbons (Fsp3) is 1.00. The van der Waals surface area contributed by atoms with E-state index < -0.39 is 0 Å². The van der Waals surface area contributed by atoms with E-state index in [0.29, 0.717) is 0 Å². The van der Waals surface area contributed by atoms with E-state index in [1.165, 1.54) is 64.8 Å².